The van der Waals surface area contributed by atoms with Crippen LogP contribution in [0.4, 0.5) is 0 Å². The number of benzene rings is 1. The van der Waals surface area contributed by atoms with E-state index in [1.54, 1.807) is 31.3 Å². The van der Waals surface area contributed by atoms with E-state index in [0.29, 0.717) is 16.5 Å². The maximum Gasteiger partial charge on any atom is 0.280 e. The van der Waals surface area contributed by atoms with E-state index in [-0.39, 0.29) is 5.91 Å². The number of hydrogen-bond donors (Lipinski definition) is 1. The van der Waals surface area contributed by atoms with Gasteiger partial charge in [0, 0.05) is 11.2 Å². The summed E-state index contributed by atoms with van der Waals surface area (Å²) in [5, 5.41) is 4.57. The number of aryl methyl sites for hydroxylation is 2. The van der Waals surface area contributed by atoms with Crippen LogP contribution in [0.2, 0.25) is 5.02 Å². The largest absolute Gasteiger partial charge is 0.481 e. The van der Waals surface area contributed by atoms with Gasteiger partial charge in [-0.15, -0.1) is 0 Å². The fourth-order valence-electron chi connectivity index (χ4n) is 1.94. The molecule has 0 aliphatic carbocycles. The zero-order valence-corrected chi connectivity index (χ0v) is 14.0. The summed E-state index contributed by atoms with van der Waals surface area (Å²) in [6, 6.07) is 9.04. The number of nitrogens with one attached hydrogen (secondary N) is 1. The molecular weight excluding hydrogens is 314 g/mol. The lowest BCUT2D eigenvalue weighted by atomic mass is 10.1. The monoisotopic (exact) mass is 331 g/mol. The molecule has 0 aliphatic heterocycles. The van der Waals surface area contributed by atoms with Gasteiger partial charge in [-0.1, -0.05) is 17.7 Å². The Hall–Kier alpha value is -2.40. The molecule has 2 rings (SSSR count). The average Bonchev–Trinajstić information content (AvgIpc) is 2.53. The Balaban J connectivity index is 1.94. The van der Waals surface area contributed by atoms with Crippen molar-refractivity contribution in [2.45, 2.75) is 26.9 Å². The van der Waals surface area contributed by atoms with Crippen LogP contribution in [0.15, 0.2) is 41.6 Å². The molecule has 1 aromatic heterocycles. The Bertz CT molecular complexity index is 694. The fourth-order valence-corrected chi connectivity index (χ4v) is 2.05. The summed E-state index contributed by atoms with van der Waals surface area (Å²) in [5.74, 6) is 0.253. The van der Waals surface area contributed by atoms with E-state index in [2.05, 4.69) is 15.5 Å². The van der Waals surface area contributed by atoms with Crippen molar-refractivity contribution in [2.75, 3.05) is 0 Å². The van der Waals surface area contributed by atoms with Crippen LogP contribution in [0.3, 0.4) is 0 Å². The summed E-state index contributed by atoms with van der Waals surface area (Å²) in [5.41, 5.74) is 4.90. The highest BCUT2D eigenvalue weighted by molar-refractivity contribution is 6.32. The van der Waals surface area contributed by atoms with Crippen molar-refractivity contribution >= 4 is 23.7 Å². The maximum absolute atomic E-state index is 12.0. The molecule has 1 unspecified atom stereocenters. The second-order valence-electron chi connectivity index (χ2n) is 5.12. The van der Waals surface area contributed by atoms with Crippen molar-refractivity contribution in [1.82, 2.24) is 10.4 Å². The smallest absolute Gasteiger partial charge is 0.280 e. The molecule has 0 saturated carbocycles. The quantitative estimate of drug-likeness (QED) is 0.675. The van der Waals surface area contributed by atoms with Crippen molar-refractivity contribution in [3.8, 4) is 5.75 Å². The van der Waals surface area contributed by atoms with Crippen LogP contribution in [0.5, 0.6) is 5.75 Å². The van der Waals surface area contributed by atoms with Crippen LogP contribution >= 0.6 is 11.6 Å². The normalized spacial score (nSPS) is 12.2. The third kappa shape index (κ3) is 4.79. The number of amides is 1. The van der Waals surface area contributed by atoms with Crippen molar-refractivity contribution in [2.24, 2.45) is 5.10 Å². The first-order chi connectivity index (χ1) is 11.0. The highest BCUT2D eigenvalue weighted by Crippen LogP contribution is 2.26. The number of ether oxygens (including phenoxy) is 1. The molecular formula is C17H18ClN3O2. The summed E-state index contributed by atoms with van der Waals surface area (Å²) in [6.07, 6.45) is 2.44. The van der Waals surface area contributed by atoms with Gasteiger partial charge < -0.3 is 4.74 Å². The molecule has 23 heavy (non-hydrogen) atoms. The minimum atomic E-state index is -0.684. The number of carbonyl (C=O) groups excluding carboxylic acids is 1. The number of halogens is 1. The highest BCUT2D eigenvalue weighted by atomic mass is 35.5. The summed E-state index contributed by atoms with van der Waals surface area (Å²) in [6.45, 7) is 5.44. The Morgan fingerprint density at radius 2 is 2.04 bits per heavy atom. The van der Waals surface area contributed by atoms with E-state index in [9.17, 15) is 4.79 Å². The molecule has 5 nitrogen and oxygen atoms in total. The summed E-state index contributed by atoms with van der Waals surface area (Å²) < 4.78 is 5.64. The van der Waals surface area contributed by atoms with E-state index in [4.69, 9.17) is 16.3 Å². The van der Waals surface area contributed by atoms with E-state index in [1.807, 2.05) is 26.0 Å². The summed E-state index contributed by atoms with van der Waals surface area (Å²) >= 11 is 6.12. The Morgan fingerprint density at radius 1 is 1.35 bits per heavy atom. The molecule has 2 aromatic rings. The van der Waals surface area contributed by atoms with Crippen molar-refractivity contribution < 1.29 is 9.53 Å². The third-order valence-corrected chi connectivity index (χ3v) is 3.75. The van der Waals surface area contributed by atoms with Gasteiger partial charge in [0.25, 0.3) is 5.91 Å². The van der Waals surface area contributed by atoms with Gasteiger partial charge >= 0.3 is 0 Å². The summed E-state index contributed by atoms with van der Waals surface area (Å²) in [7, 11) is 0. The predicted molar refractivity (Wildman–Crippen MR) is 91.0 cm³/mol. The van der Waals surface area contributed by atoms with Crippen molar-refractivity contribution in [3.63, 3.8) is 0 Å². The maximum atomic E-state index is 12.0. The van der Waals surface area contributed by atoms with Gasteiger partial charge in [0.05, 0.1) is 11.9 Å². The number of pyridine rings is 1. The summed E-state index contributed by atoms with van der Waals surface area (Å²) in [4.78, 5) is 16.0. The van der Waals surface area contributed by atoms with Crippen LogP contribution in [-0.4, -0.2) is 23.2 Å². The number of aromatic nitrogens is 1. The Morgan fingerprint density at radius 3 is 2.65 bits per heavy atom. The molecule has 0 bridgehead atoms. The second kappa shape index (κ2) is 7.74. The van der Waals surface area contributed by atoms with Gasteiger partial charge in [-0.25, -0.2) is 5.43 Å². The van der Waals surface area contributed by atoms with Crippen LogP contribution < -0.4 is 10.2 Å². The molecule has 1 amide bonds. The lowest BCUT2D eigenvalue weighted by Gasteiger charge is -2.14. The minimum Gasteiger partial charge on any atom is -0.481 e. The van der Waals surface area contributed by atoms with Gasteiger partial charge in [-0.2, -0.15) is 5.10 Å². The molecule has 1 aromatic carbocycles. The number of rotatable bonds is 5. The molecule has 1 N–H and O–H groups in total. The van der Waals surface area contributed by atoms with Gasteiger partial charge in [-0.05, 0) is 56.2 Å². The van der Waals surface area contributed by atoms with Crippen LogP contribution in [0.25, 0.3) is 0 Å². The third-order valence-electron chi connectivity index (χ3n) is 3.15. The molecule has 1 atom stereocenters. The van der Waals surface area contributed by atoms with Crippen LogP contribution in [0, 0.1) is 13.8 Å². The van der Waals surface area contributed by atoms with Crippen LogP contribution in [0.1, 0.15) is 23.7 Å². The Kier molecular flexibility index (Phi) is 5.71. The number of carbonyl (C=O) groups is 1. The topological polar surface area (TPSA) is 63.6 Å². The number of nitrogens with zero attached hydrogens (tertiary/aromatic N) is 2. The van der Waals surface area contributed by atoms with Gasteiger partial charge in [0.15, 0.2) is 6.10 Å². The molecule has 0 spiro atoms. The lowest BCUT2D eigenvalue weighted by Crippen LogP contribution is -2.33. The zero-order valence-electron chi connectivity index (χ0n) is 13.2. The fraction of sp³-hybridized carbons (Fsp3) is 0.235. The standard InChI is InChI=1S/C17H18ClN3O2/c1-11-8-15(9-12(2)16(11)18)23-13(3)17(22)21-20-10-14-6-4-5-7-19-14/h4-10,13H,1-3H3,(H,21,22)/b20-10-. The first-order valence-corrected chi connectivity index (χ1v) is 7.52. The molecule has 0 aliphatic rings. The van der Waals surface area contributed by atoms with Crippen molar-refractivity contribution in [1.29, 1.82) is 0 Å². The molecule has 1 heterocycles. The van der Waals surface area contributed by atoms with E-state index in [0.717, 1.165) is 11.1 Å². The predicted octanol–water partition coefficient (Wildman–Crippen LogP) is 3.27. The zero-order chi connectivity index (χ0) is 16.8. The molecule has 0 radical (unpaired) electrons. The first-order valence-electron chi connectivity index (χ1n) is 7.14. The first kappa shape index (κ1) is 17.0. The molecule has 0 fully saturated rings. The Labute approximate surface area is 140 Å². The van der Waals surface area contributed by atoms with Gasteiger partial charge in [0.1, 0.15) is 5.75 Å². The van der Waals surface area contributed by atoms with Gasteiger partial charge in [0.2, 0.25) is 0 Å². The molecule has 0 saturated heterocycles. The van der Waals surface area contributed by atoms with E-state index >= 15 is 0 Å². The van der Waals surface area contributed by atoms with E-state index in [1.165, 1.54) is 6.21 Å². The highest BCUT2D eigenvalue weighted by Gasteiger charge is 2.15. The van der Waals surface area contributed by atoms with E-state index < -0.39 is 6.10 Å². The van der Waals surface area contributed by atoms with Crippen LogP contribution in [-0.2, 0) is 4.79 Å². The number of hydrogen-bond acceptors (Lipinski definition) is 4. The minimum absolute atomic E-state index is 0.345. The molecule has 6 heteroatoms. The number of hydrazone groups is 1. The van der Waals surface area contributed by atoms with Gasteiger partial charge in [-0.3, -0.25) is 9.78 Å². The second-order valence-corrected chi connectivity index (χ2v) is 5.50. The average molecular weight is 332 g/mol. The molecule has 120 valence electrons. The van der Waals surface area contributed by atoms with Crippen molar-refractivity contribution in [3.05, 3.63) is 58.4 Å². The lowest BCUT2D eigenvalue weighted by molar-refractivity contribution is -0.127. The SMILES string of the molecule is Cc1cc(OC(C)C(=O)N/N=C\c2ccccn2)cc(C)c1Cl.